The van der Waals surface area contributed by atoms with Crippen LogP contribution in [0.5, 0.6) is 0 Å². The van der Waals surface area contributed by atoms with Crippen LogP contribution >= 0.6 is 0 Å². The zero-order chi connectivity index (χ0) is 17.6. The molecule has 0 saturated carbocycles. The molecule has 0 saturated heterocycles. The summed E-state index contributed by atoms with van der Waals surface area (Å²) in [4.78, 5) is 33.8. The van der Waals surface area contributed by atoms with E-state index in [-0.39, 0.29) is 74.5 Å². The fourth-order valence-corrected chi connectivity index (χ4v) is 1.69. The molecule has 7 heteroatoms. The van der Waals surface area contributed by atoms with Gasteiger partial charge < -0.3 is 11.7 Å². The molecule has 0 N–H and O–H groups in total. The molecule has 0 fully saturated rings. The number of amides is 2. The monoisotopic (exact) mass is 766 g/mol. The van der Waals surface area contributed by atoms with Gasteiger partial charge in [0.2, 0.25) is 0 Å². The van der Waals surface area contributed by atoms with Crippen molar-refractivity contribution in [3.8, 4) is 0 Å². The first-order chi connectivity index (χ1) is 10.7. The number of hydrogen-bond acceptors (Lipinski definition) is 3. The summed E-state index contributed by atoms with van der Waals surface area (Å²) in [7, 11) is 5.48. The number of nitrogens with zero attached hydrogens (tertiary/aromatic N) is 1. The second-order valence-electron chi connectivity index (χ2n) is 4.98. The van der Waals surface area contributed by atoms with Crippen molar-refractivity contribution < 1.29 is 67.9 Å². The predicted octanol–water partition coefficient (Wildman–Crippen LogP) is 3.54. The van der Waals surface area contributed by atoms with E-state index in [0.717, 1.165) is 24.1 Å². The minimum Gasteiger partial charge on any atom is -0.338 e. The average Bonchev–Trinajstić information content (AvgIpc) is 2.82. The van der Waals surface area contributed by atoms with E-state index in [9.17, 15) is 14.4 Å². The minimum absolute atomic E-state index is 0. The summed E-state index contributed by atoms with van der Waals surface area (Å²) >= 11 is 0. The van der Waals surface area contributed by atoms with Gasteiger partial charge in [0.05, 0.1) is 0 Å². The summed E-state index contributed by atoms with van der Waals surface area (Å²) in [5.74, 6) is -1.86. The van der Waals surface area contributed by atoms with Crippen molar-refractivity contribution in [1.82, 2.24) is 4.90 Å². The molecule has 1 atom stereocenters. The Morgan fingerprint density at radius 3 is 1.89 bits per heavy atom. The molecule has 4 nitrogen and oxygen atoms in total. The van der Waals surface area contributed by atoms with Gasteiger partial charge in [0.1, 0.15) is 7.85 Å². The van der Waals surface area contributed by atoms with E-state index in [0.29, 0.717) is 11.8 Å². The Kier molecular flexibility index (Phi) is 20.4. The third kappa shape index (κ3) is 10.4. The second-order valence-corrected chi connectivity index (χ2v) is 4.98. The number of hydrogen-bond donors (Lipinski definition) is 0. The summed E-state index contributed by atoms with van der Waals surface area (Å²) in [5, 5.41) is 0. The number of carbonyl (C=O) groups excluding carboxylic acids is 3. The quantitative estimate of drug-likeness (QED) is 0.269. The van der Waals surface area contributed by atoms with Crippen molar-refractivity contribution >= 4 is 25.4 Å². The first kappa shape index (κ1) is 33.9. The van der Waals surface area contributed by atoms with Gasteiger partial charge in [0.15, 0.2) is 0 Å². The topological polar surface area (TPSA) is 54.5 Å². The number of rotatable bonds is 3. The molecule has 0 bridgehead atoms. The van der Waals surface area contributed by atoms with Crippen LogP contribution in [0, 0.1) is 45.0 Å². The van der Waals surface area contributed by atoms with Crippen molar-refractivity contribution in [3.05, 3.63) is 61.4 Å². The van der Waals surface area contributed by atoms with Gasteiger partial charge in [-0.05, 0) is 13.3 Å². The Bertz CT molecular complexity index is 619. The van der Waals surface area contributed by atoms with Gasteiger partial charge in [-0.1, -0.05) is 34.7 Å². The van der Waals surface area contributed by atoms with Gasteiger partial charge >= 0.3 is 21.1 Å². The minimum atomic E-state index is -1.66. The van der Waals surface area contributed by atoms with Crippen LogP contribution < -0.4 is 0 Å². The smallest absolute Gasteiger partial charge is 0.338 e. The molecule has 0 aliphatic carbocycles. The molecule has 1 aliphatic heterocycles. The Hall–Kier alpha value is -0.685. The van der Waals surface area contributed by atoms with Crippen molar-refractivity contribution in [3.63, 3.8) is 0 Å². The first-order valence-corrected chi connectivity index (χ1v) is 6.61. The van der Waals surface area contributed by atoms with Gasteiger partial charge in [-0.2, -0.15) is 24.6 Å². The number of Topliss-reactive ketones (excluding diaryl/α,β-unsaturated/α-hetero) is 1. The van der Waals surface area contributed by atoms with E-state index in [1.807, 2.05) is 24.3 Å². The Morgan fingerprint density at radius 1 is 1.15 bits per heavy atom. The van der Waals surface area contributed by atoms with Crippen molar-refractivity contribution in [2.24, 2.45) is 0 Å². The number of ketones is 1. The van der Waals surface area contributed by atoms with E-state index in [1.165, 1.54) is 12.5 Å². The van der Waals surface area contributed by atoms with Crippen LogP contribution in [-0.4, -0.2) is 35.8 Å². The van der Waals surface area contributed by atoms with E-state index < -0.39 is 23.0 Å². The van der Waals surface area contributed by atoms with Gasteiger partial charge in [-0.25, -0.2) is 0 Å². The maximum absolute atomic E-state index is 11.1. The zero-order valence-electron chi connectivity index (χ0n) is 14.5. The van der Waals surface area contributed by atoms with Gasteiger partial charge in [0.25, 0.3) is 11.8 Å². The molecule has 0 spiro atoms. The van der Waals surface area contributed by atoms with E-state index in [2.05, 4.69) is 13.8 Å². The molecular weight excluding hydrogens is 735 g/mol. The largest absolute Gasteiger partial charge is 2.00 e. The predicted molar refractivity (Wildman–Crippen MR) is 106 cm³/mol. The summed E-state index contributed by atoms with van der Waals surface area (Å²) in [6.07, 6.45) is 2.98. The fraction of sp³-hybridized carbons (Fsp3) is 0.350. The van der Waals surface area contributed by atoms with Crippen molar-refractivity contribution in [2.45, 2.75) is 48.0 Å². The molecule has 2 radical (unpaired) electrons. The molecule has 1 aromatic carbocycles. The molecule has 1 heterocycles. The Labute approximate surface area is 206 Å². The van der Waals surface area contributed by atoms with Crippen LogP contribution in [0.15, 0.2) is 36.4 Å². The van der Waals surface area contributed by atoms with Crippen molar-refractivity contribution in [1.29, 1.82) is 0 Å². The van der Waals surface area contributed by atoms with Crippen LogP contribution in [0.25, 0.3) is 0 Å². The summed E-state index contributed by atoms with van der Waals surface area (Å²) in [6.45, 7) is 8.60. The summed E-state index contributed by atoms with van der Waals surface area (Å²) in [5.41, 5.74) is 0.605. The molecule has 146 valence electrons. The molecule has 1 unspecified atom stereocenters. The van der Waals surface area contributed by atoms with Crippen molar-refractivity contribution in [2.75, 3.05) is 0 Å². The van der Waals surface area contributed by atoms with Gasteiger partial charge in [-0.15, -0.1) is 12.1 Å². The number of imide groups is 1. The molecule has 2 amide bonds. The van der Waals surface area contributed by atoms with Gasteiger partial charge in [-0.3, -0.25) is 14.5 Å². The molecule has 0 aromatic heterocycles. The second kappa shape index (κ2) is 16.3. The van der Waals surface area contributed by atoms with Crippen LogP contribution in [0.1, 0.15) is 48.6 Å². The summed E-state index contributed by atoms with van der Waals surface area (Å²) < 4.78 is 6.98. The third-order valence-electron chi connectivity index (χ3n) is 3.15. The number of aryl methyl sites for hydroxylation is 1. The zero-order valence-corrected chi connectivity index (χ0v) is 20.5. The van der Waals surface area contributed by atoms with E-state index in [1.54, 1.807) is 0 Å². The SMILES string of the molecule is C.C.C.[2H]CCc1ccc([CH2-])cc1.[B]C(C)(C([CH2-])=O)N1C(=O)C=CC1=O.[U].[W+2]. The number of benzene rings is 1. The molecule has 27 heavy (non-hydrogen) atoms. The Balaban J connectivity index is -0.000000109. The van der Waals surface area contributed by atoms with E-state index in [4.69, 9.17) is 9.22 Å². The van der Waals surface area contributed by atoms with Crippen LogP contribution in [0.2, 0.25) is 0 Å². The maximum atomic E-state index is 11.1. The van der Waals surface area contributed by atoms with E-state index >= 15 is 0 Å². The molecule has 1 aliphatic rings. The van der Waals surface area contributed by atoms with Crippen LogP contribution in [0.4, 0.5) is 0 Å². The molecule has 1 aromatic rings. The van der Waals surface area contributed by atoms with Gasteiger partial charge in [0, 0.05) is 55.9 Å². The first-order valence-electron chi connectivity index (χ1n) is 7.32. The van der Waals surface area contributed by atoms with Crippen LogP contribution in [-0.2, 0) is 41.9 Å². The Morgan fingerprint density at radius 2 is 1.56 bits per heavy atom. The maximum Gasteiger partial charge on any atom is 2.00 e. The average molecular weight is 766 g/mol. The van der Waals surface area contributed by atoms with Crippen LogP contribution in [0.3, 0.4) is 0 Å². The third-order valence-corrected chi connectivity index (χ3v) is 3.15. The normalized spacial score (nSPS) is 13.5. The summed E-state index contributed by atoms with van der Waals surface area (Å²) in [6, 6.07) is 8.00. The molecule has 2 rings (SSSR count). The fourth-order valence-electron chi connectivity index (χ4n) is 1.69. The number of carbonyl (C=O) groups is 3. The molecular formula is C20H30BNO3UW. The standard InChI is InChI=1S/C9H11.C8H7BNO3.3CH4.U.W/c1-3-9-6-4-8(2)5-7-9;1-5(11)8(2,9)10-6(12)3-4-7(10)13;;;;;/h4-7H,2-3H2,1H3;3-4H,1H2,2H3;3*1H4;;/q2*-1;;;;;+2/i1D;;;;;;.